The highest BCUT2D eigenvalue weighted by molar-refractivity contribution is 5.77. The molecule has 1 spiro atoms. The third kappa shape index (κ3) is 3.71. The standard InChI is InChI=1S/C19H25NO4/c1-14-4-2-5-15(12-14)24-11-3-6-17(21)20-9-7-19(8-10-20)13-16(19)18(22)23/h2,4-5,12,16H,3,6-11,13H2,1H3,(H,22,23). The van der Waals surface area contributed by atoms with Crippen LogP contribution in [0.2, 0.25) is 0 Å². The summed E-state index contributed by atoms with van der Waals surface area (Å²) in [5.74, 6) is 0.140. The predicted molar refractivity (Wildman–Crippen MR) is 89.9 cm³/mol. The third-order valence-corrected chi connectivity index (χ3v) is 5.39. The van der Waals surface area contributed by atoms with Gasteiger partial charge in [-0.3, -0.25) is 9.59 Å². The largest absolute Gasteiger partial charge is 0.494 e. The molecule has 5 nitrogen and oxygen atoms in total. The lowest BCUT2D eigenvalue weighted by molar-refractivity contribution is -0.139. The van der Waals surface area contributed by atoms with Gasteiger partial charge in [0.1, 0.15) is 5.75 Å². The van der Waals surface area contributed by atoms with Crippen molar-refractivity contribution in [3.63, 3.8) is 0 Å². The average molecular weight is 331 g/mol. The first-order chi connectivity index (χ1) is 11.5. The van der Waals surface area contributed by atoms with Crippen molar-refractivity contribution in [2.45, 2.75) is 39.0 Å². The number of hydrogen-bond acceptors (Lipinski definition) is 3. The number of aryl methyl sites for hydroxylation is 1. The first-order valence-corrected chi connectivity index (χ1v) is 8.70. The van der Waals surface area contributed by atoms with Gasteiger partial charge in [0.25, 0.3) is 0 Å². The fourth-order valence-corrected chi connectivity index (χ4v) is 3.73. The molecule has 1 aromatic rings. The van der Waals surface area contributed by atoms with Gasteiger partial charge in [-0.1, -0.05) is 12.1 Å². The van der Waals surface area contributed by atoms with Crippen molar-refractivity contribution in [1.29, 1.82) is 0 Å². The summed E-state index contributed by atoms with van der Waals surface area (Å²) in [7, 11) is 0. The first kappa shape index (κ1) is 16.8. The Hall–Kier alpha value is -2.04. The Kier molecular flexibility index (Phi) is 4.78. The van der Waals surface area contributed by atoms with E-state index in [0.717, 1.165) is 30.6 Å². The Morgan fingerprint density at radius 2 is 2.08 bits per heavy atom. The molecule has 1 atom stereocenters. The second kappa shape index (κ2) is 6.83. The molecule has 1 aliphatic heterocycles. The minimum atomic E-state index is -0.678. The quantitative estimate of drug-likeness (QED) is 0.814. The van der Waals surface area contributed by atoms with Crippen LogP contribution in [0.5, 0.6) is 5.75 Å². The molecule has 24 heavy (non-hydrogen) atoms. The zero-order valence-electron chi connectivity index (χ0n) is 14.2. The number of carboxylic acid groups (broad SMARTS) is 1. The fourth-order valence-electron chi connectivity index (χ4n) is 3.73. The van der Waals surface area contributed by atoms with E-state index in [0.29, 0.717) is 32.5 Å². The normalized spacial score (nSPS) is 21.5. The molecular weight excluding hydrogens is 306 g/mol. The molecule has 2 aliphatic rings. The molecule has 1 amide bonds. The molecule has 1 saturated carbocycles. The number of aliphatic carboxylic acids is 1. The van der Waals surface area contributed by atoms with Crippen LogP contribution in [0.15, 0.2) is 24.3 Å². The monoisotopic (exact) mass is 331 g/mol. The second-order valence-corrected chi connectivity index (χ2v) is 7.11. The highest BCUT2D eigenvalue weighted by Gasteiger charge is 2.59. The summed E-state index contributed by atoms with van der Waals surface area (Å²) in [6.45, 7) is 3.95. The van der Waals surface area contributed by atoms with E-state index in [2.05, 4.69) is 0 Å². The van der Waals surface area contributed by atoms with E-state index < -0.39 is 5.97 Å². The lowest BCUT2D eigenvalue weighted by Crippen LogP contribution is -2.40. The van der Waals surface area contributed by atoms with Gasteiger partial charge in [0, 0.05) is 19.5 Å². The van der Waals surface area contributed by atoms with Crippen LogP contribution in [0.4, 0.5) is 0 Å². The summed E-state index contributed by atoms with van der Waals surface area (Å²) in [6.07, 6.45) is 3.63. The van der Waals surface area contributed by atoms with Gasteiger partial charge in [-0.15, -0.1) is 0 Å². The van der Waals surface area contributed by atoms with Gasteiger partial charge >= 0.3 is 5.97 Å². The van der Waals surface area contributed by atoms with Crippen LogP contribution in [-0.4, -0.2) is 41.6 Å². The van der Waals surface area contributed by atoms with Crippen LogP contribution < -0.4 is 4.74 Å². The summed E-state index contributed by atoms with van der Waals surface area (Å²) in [5.41, 5.74) is 1.14. The van der Waals surface area contributed by atoms with Gasteiger partial charge in [-0.2, -0.15) is 0 Å². The van der Waals surface area contributed by atoms with Crippen LogP contribution in [0.3, 0.4) is 0 Å². The molecule has 1 heterocycles. The molecule has 5 heteroatoms. The maximum Gasteiger partial charge on any atom is 0.307 e. The number of piperidine rings is 1. The number of carboxylic acids is 1. The van der Waals surface area contributed by atoms with Crippen LogP contribution in [0.1, 0.15) is 37.7 Å². The molecule has 2 fully saturated rings. The number of ether oxygens (including phenoxy) is 1. The van der Waals surface area contributed by atoms with Crippen molar-refractivity contribution in [2.24, 2.45) is 11.3 Å². The number of rotatable bonds is 6. The van der Waals surface area contributed by atoms with E-state index in [4.69, 9.17) is 9.84 Å². The Balaban J connectivity index is 1.35. The van der Waals surface area contributed by atoms with Gasteiger partial charge in [0.2, 0.25) is 5.91 Å². The molecule has 0 bridgehead atoms. The zero-order chi connectivity index (χ0) is 17.2. The van der Waals surface area contributed by atoms with Crippen LogP contribution in [0.25, 0.3) is 0 Å². The van der Waals surface area contributed by atoms with Crippen molar-refractivity contribution in [2.75, 3.05) is 19.7 Å². The summed E-state index contributed by atoms with van der Waals surface area (Å²) < 4.78 is 5.67. The Labute approximate surface area is 142 Å². The predicted octanol–water partition coefficient (Wildman–Crippen LogP) is 2.87. The third-order valence-electron chi connectivity index (χ3n) is 5.39. The maximum atomic E-state index is 12.3. The molecule has 1 aromatic carbocycles. The fraction of sp³-hybridized carbons (Fsp3) is 0.579. The Morgan fingerprint density at radius 1 is 1.33 bits per heavy atom. The smallest absolute Gasteiger partial charge is 0.307 e. The minimum Gasteiger partial charge on any atom is -0.494 e. The Morgan fingerprint density at radius 3 is 2.71 bits per heavy atom. The van der Waals surface area contributed by atoms with Crippen molar-refractivity contribution in [1.82, 2.24) is 4.90 Å². The van der Waals surface area contributed by atoms with Gasteiger partial charge in [-0.25, -0.2) is 0 Å². The molecule has 0 radical (unpaired) electrons. The highest BCUT2D eigenvalue weighted by Crippen LogP contribution is 2.59. The number of carbonyl (C=O) groups is 2. The van der Waals surface area contributed by atoms with Gasteiger partial charge in [-0.05, 0) is 55.7 Å². The van der Waals surface area contributed by atoms with E-state index in [1.54, 1.807) is 0 Å². The maximum absolute atomic E-state index is 12.3. The Bertz CT molecular complexity index is 620. The minimum absolute atomic E-state index is 0.0170. The number of nitrogens with zero attached hydrogens (tertiary/aromatic N) is 1. The second-order valence-electron chi connectivity index (χ2n) is 7.11. The van der Waals surface area contributed by atoms with Crippen molar-refractivity contribution < 1.29 is 19.4 Å². The van der Waals surface area contributed by atoms with E-state index in [1.807, 2.05) is 36.1 Å². The van der Waals surface area contributed by atoms with Crippen molar-refractivity contribution in [3.05, 3.63) is 29.8 Å². The number of hydrogen-bond donors (Lipinski definition) is 1. The van der Waals surface area contributed by atoms with Gasteiger partial charge in [0.05, 0.1) is 12.5 Å². The molecule has 3 rings (SSSR count). The molecular formula is C19H25NO4. The SMILES string of the molecule is Cc1cccc(OCCCC(=O)N2CCC3(CC2)CC3C(=O)O)c1. The first-order valence-electron chi connectivity index (χ1n) is 8.70. The van der Waals surface area contributed by atoms with Crippen molar-refractivity contribution in [3.8, 4) is 5.75 Å². The summed E-state index contributed by atoms with van der Waals surface area (Å²) in [6, 6.07) is 7.89. The van der Waals surface area contributed by atoms with Crippen molar-refractivity contribution >= 4 is 11.9 Å². The molecule has 1 N–H and O–H groups in total. The summed E-state index contributed by atoms with van der Waals surface area (Å²) in [4.78, 5) is 25.2. The van der Waals surface area contributed by atoms with Crippen LogP contribution >= 0.6 is 0 Å². The van der Waals surface area contributed by atoms with Gasteiger partial charge < -0.3 is 14.7 Å². The molecule has 130 valence electrons. The number of amides is 1. The van der Waals surface area contributed by atoms with E-state index in [9.17, 15) is 9.59 Å². The van der Waals surface area contributed by atoms with Crippen LogP contribution in [-0.2, 0) is 9.59 Å². The summed E-state index contributed by atoms with van der Waals surface area (Å²) >= 11 is 0. The van der Waals surface area contributed by atoms with Crippen LogP contribution in [0, 0.1) is 18.3 Å². The lowest BCUT2D eigenvalue weighted by atomic mass is 9.90. The highest BCUT2D eigenvalue weighted by atomic mass is 16.5. The number of likely N-dealkylation sites (tertiary alicyclic amines) is 1. The lowest BCUT2D eigenvalue weighted by Gasteiger charge is -2.32. The number of benzene rings is 1. The topological polar surface area (TPSA) is 66.8 Å². The molecule has 1 saturated heterocycles. The van der Waals surface area contributed by atoms with E-state index >= 15 is 0 Å². The molecule has 0 aromatic heterocycles. The van der Waals surface area contributed by atoms with E-state index in [-0.39, 0.29) is 17.2 Å². The average Bonchev–Trinajstić information content (AvgIpc) is 3.26. The summed E-state index contributed by atoms with van der Waals surface area (Å²) in [5, 5.41) is 9.11. The molecule has 1 unspecified atom stereocenters. The number of carbonyl (C=O) groups excluding carboxylic acids is 1. The molecule has 1 aliphatic carbocycles. The van der Waals surface area contributed by atoms with E-state index in [1.165, 1.54) is 0 Å². The van der Waals surface area contributed by atoms with Gasteiger partial charge in [0.15, 0.2) is 0 Å². The zero-order valence-corrected chi connectivity index (χ0v) is 14.2.